The van der Waals surface area contributed by atoms with Gasteiger partial charge in [0.15, 0.2) is 0 Å². The van der Waals surface area contributed by atoms with E-state index < -0.39 is 0 Å². The predicted molar refractivity (Wildman–Crippen MR) is 71.3 cm³/mol. The van der Waals surface area contributed by atoms with E-state index in [1.165, 1.54) is 0 Å². The van der Waals surface area contributed by atoms with Gasteiger partial charge in [-0.2, -0.15) is 0 Å². The van der Waals surface area contributed by atoms with Gasteiger partial charge in [0.25, 0.3) is 0 Å². The summed E-state index contributed by atoms with van der Waals surface area (Å²) in [5, 5.41) is 22.4. The summed E-state index contributed by atoms with van der Waals surface area (Å²) in [5.41, 5.74) is 0. The largest absolute Gasteiger partial charge is 0.395 e. The molecule has 0 amide bonds. The Morgan fingerprint density at radius 3 is 2.76 bits per heavy atom. The summed E-state index contributed by atoms with van der Waals surface area (Å²) >= 11 is 1.59. The molecule has 0 saturated carbocycles. The second-order valence-electron chi connectivity index (χ2n) is 4.22. The fraction of sp³-hybridized carbons (Fsp3) is 0.818. The first-order chi connectivity index (χ1) is 8.17. The first kappa shape index (κ1) is 14.3. The third-order valence-corrected chi connectivity index (χ3v) is 3.31. The summed E-state index contributed by atoms with van der Waals surface area (Å²) in [5.74, 6) is 0. The van der Waals surface area contributed by atoms with Crippen molar-refractivity contribution in [3.63, 3.8) is 0 Å². The van der Waals surface area contributed by atoms with Crippen molar-refractivity contribution in [2.24, 2.45) is 0 Å². The normalized spacial score (nSPS) is 11.4. The van der Waals surface area contributed by atoms with Crippen LogP contribution in [-0.2, 0) is 6.54 Å². The molecule has 17 heavy (non-hydrogen) atoms. The van der Waals surface area contributed by atoms with Gasteiger partial charge in [0, 0.05) is 19.1 Å². The minimum Gasteiger partial charge on any atom is -0.395 e. The maximum absolute atomic E-state index is 9.00. The number of nitrogens with zero attached hydrogens (tertiary/aromatic N) is 3. The molecule has 1 aromatic heterocycles. The summed E-state index contributed by atoms with van der Waals surface area (Å²) < 4.78 is 0. The van der Waals surface area contributed by atoms with E-state index in [9.17, 15) is 0 Å². The molecule has 98 valence electrons. The molecule has 5 nitrogen and oxygen atoms in total. The van der Waals surface area contributed by atoms with Crippen LogP contribution in [0.25, 0.3) is 0 Å². The molecule has 1 rings (SSSR count). The van der Waals surface area contributed by atoms with E-state index in [-0.39, 0.29) is 6.61 Å². The van der Waals surface area contributed by atoms with Crippen molar-refractivity contribution in [3.05, 3.63) is 5.01 Å². The molecule has 0 saturated heterocycles. The summed E-state index contributed by atoms with van der Waals surface area (Å²) in [6, 6.07) is 0.401. The average molecular weight is 258 g/mol. The minimum absolute atomic E-state index is 0.178. The lowest BCUT2D eigenvalue weighted by molar-refractivity contribution is 0.159. The SMILES string of the molecule is CCCNc1nnc(CN(CCO)C(C)C)s1. The summed E-state index contributed by atoms with van der Waals surface area (Å²) in [6.45, 7) is 8.90. The van der Waals surface area contributed by atoms with Crippen molar-refractivity contribution in [3.8, 4) is 0 Å². The van der Waals surface area contributed by atoms with Crippen molar-refractivity contribution >= 4 is 16.5 Å². The van der Waals surface area contributed by atoms with Crippen LogP contribution in [0.3, 0.4) is 0 Å². The van der Waals surface area contributed by atoms with Crippen LogP contribution in [0.4, 0.5) is 5.13 Å². The van der Waals surface area contributed by atoms with Crippen LogP contribution in [0.2, 0.25) is 0 Å². The first-order valence-corrected chi connectivity index (χ1v) is 6.90. The van der Waals surface area contributed by atoms with Gasteiger partial charge in [0.1, 0.15) is 5.01 Å². The smallest absolute Gasteiger partial charge is 0.205 e. The van der Waals surface area contributed by atoms with Crippen LogP contribution in [0.15, 0.2) is 0 Å². The number of rotatable bonds is 8. The number of nitrogens with one attached hydrogen (secondary N) is 1. The number of hydrogen-bond acceptors (Lipinski definition) is 6. The molecule has 0 spiro atoms. The maximum Gasteiger partial charge on any atom is 0.205 e. The molecule has 0 bridgehead atoms. The fourth-order valence-electron chi connectivity index (χ4n) is 1.44. The van der Waals surface area contributed by atoms with E-state index in [4.69, 9.17) is 5.11 Å². The Morgan fingerprint density at radius 1 is 1.41 bits per heavy atom. The highest BCUT2D eigenvalue weighted by molar-refractivity contribution is 7.15. The zero-order valence-corrected chi connectivity index (χ0v) is 11.6. The maximum atomic E-state index is 9.00. The highest BCUT2D eigenvalue weighted by Gasteiger charge is 2.12. The van der Waals surface area contributed by atoms with Crippen LogP contribution in [0.5, 0.6) is 0 Å². The minimum atomic E-state index is 0.178. The lowest BCUT2D eigenvalue weighted by atomic mass is 10.3. The lowest BCUT2D eigenvalue weighted by Crippen LogP contribution is -2.32. The van der Waals surface area contributed by atoms with Crippen LogP contribution in [0, 0.1) is 0 Å². The summed E-state index contributed by atoms with van der Waals surface area (Å²) in [4.78, 5) is 2.18. The van der Waals surface area contributed by atoms with Crippen molar-refractivity contribution in [2.75, 3.05) is 25.0 Å². The molecule has 0 unspecified atom stereocenters. The van der Waals surface area contributed by atoms with Gasteiger partial charge in [0.05, 0.1) is 13.2 Å². The second kappa shape index (κ2) is 7.58. The van der Waals surface area contributed by atoms with Crippen LogP contribution < -0.4 is 5.32 Å². The molecular weight excluding hydrogens is 236 g/mol. The Kier molecular flexibility index (Phi) is 6.39. The Hall–Kier alpha value is -0.720. The van der Waals surface area contributed by atoms with Gasteiger partial charge in [-0.05, 0) is 20.3 Å². The van der Waals surface area contributed by atoms with E-state index >= 15 is 0 Å². The third-order valence-electron chi connectivity index (χ3n) is 2.45. The molecule has 0 aliphatic carbocycles. The summed E-state index contributed by atoms with van der Waals surface area (Å²) in [6.07, 6.45) is 1.08. The Labute approximate surface area is 107 Å². The van der Waals surface area contributed by atoms with Gasteiger partial charge >= 0.3 is 0 Å². The Balaban J connectivity index is 2.51. The number of aromatic nitrogens is 2. The highest BCUT2D eigenvalue weighted by atomic mass is 32.1. The number of aliphatic hydroxyl groups is 1. The second-order valence-corrected chi connectivity index (χ2v) is 5.28. The quantitative estimate of drug-likeness (QED) is 0.741. The molecule has 0 fully saturated rings. The standard InChI is InChI=1S/C11H22N4OS/c1-4-5-12-11-14-13-10(17-11)8-15(6-7-16)9(2)3/h9,16H,4-8H2,1-3H3,(H,12,14). The summed E-state index contributed by atoms with van der Waals surface area (Å²) in [7, 11) is 0. The number of anilines is 1. The first-order valence-electron chi connectivity index (χ1n) is 6.08. The van der Waals surface area contributed by atoms with Crippen molar-refractivity contribution in [1.82, 2.24) is 15.1 Å². The number of aliphatic hydroxyl groups excluding tert-OH is 1. The highest BCUT2D eigenvalue weighted by Crippen LogP contribution is 2.17. The molecule has 2 N–H and O–H groups in total. The predicted octanol–water partition coefficient (Wildman–Crippen LogP) is 1.56. The molecule has 0 aromatic carbocycles. The molecule has 6 heteroatoms. The van der Waals surface area contributed by atoms with E-state index in [1.54, 1.807) is 11.3 Å². The van der Waals surface area contributed by atoms with Crippen molar-refractivity contribution < 1.29 is 5.11 Å². The molecular formula is C11H22N4OS. The van der Waals surface area contributed by atoms with Gasteiger partial charge in [-0.15, -0.1) is 10.2 Å². The van der Waals surface area contributed by atoms with Crippen molar-refractivity contribution in [1.29, 1.82) is 0 Å². The van der Waals surface area contributed by atoms with Crippen LogP contribution in [-0.4, -0.2) is 45.9 Å². The monoisotopic (exact) mass is 258 g/mol. The lowest BCUT2D eigenvalue weighted by Gasteiger charge is -2.23. The molecule has 0 radical (unpaired) electrons. The van der Waals surface area contributed by atoms with Crippen LogP contribution in [0.1, 0.15) is 32.2 Å². The van der Waals surface area contributed by atoms with E-state index in [0.717, 1.165) is 29.6 Å². The van der Waals surface area contributed by atoms with E-state index in [1.807, 2.05) is 0 Å². The zero-order valence-electron chi connectivity index (χ0n) is 10.8. The third kappa shape index (κ3) is 4.97. The van der Waals surface area contributed by atoms with E-state index in [0.29, 0.717) is 12.6 Å². The van der Waals surface area contributed by atoms with Gasteiger partial charge in [-0.1, -0.05) is 18.3 Å². The van der Waals surface area contributed by atoms with Crippen molar-refractivity contribution in [2.45, 2.75) is 39.8 Å². The molecule has 0 aliphatic rings. The van der Waals surface area contributed by atoms with Gasteiger partial charge in [-0.3, -0.25) is 4.90 Å². The van der Waals surface area contributed by atoms with Crippen LogP contribution >= 0.6 is 11.3 Å². The van der Waals surface area contributed by atoms with Gasteiger partial charge in [-0.25, -0.2) is 0 Å². The number of hydrogen-bond donors (Lipinski definition) is 2. The topological polar surface area (TPSA) is 61.3 Å². The fourth-order valence-corrected chi connectivity index (χ4v) is 2.23. The molecule has 0 atom stereocenters. The Morgan fingerprint density at radius 2 is 2.18 bits per heavy atom. The van der Waals surface area contributed by atoms with E-state index in [2.05, 4.69) is 41.2 Å². The molecule has 1 aromatic rings. The Bertz CT molecular complexity index is 316. The molecule has 0 aliphatic heterocycles. The van der Waals surface area contributed by atoms with Gasteiger partial charge < -0.3 is 10.4 Å². The molecule has 1 heterocycles. The average Bonchev–Trinajstić information content (AvgIpc) is 2.73. The zero-order chi connectivity index (χ0) is 12.7. The van der Waals surface area contributed by atoms with Gasteiger partial charge in [0.2, 0.25) is 5.13 Å².